The van der Waals surface area contributed by atoms with Gasteiger partial charge >= 0.3 is 0 Å². The molecule has 1 aliphatic rings. The number of hydrazine groups is 1. The van der Waals surface area contributed by atoms with Crippen LogP contribution in [0, 0.1) is 0 Å². The van der Waals surface area contributed by atoms with Gasteiger partial charge in [0.15, 0.2) is 0 Å². The van der Waals surface area contributed by atoms with Crippen LogP contribution in [0.3, 0.4) is 0 Å². The summed E-state index contributed by atoms with van der Waals surface area (Å²) in [4.78, 5) is 41.4. The van der Waals surface area contributed by atoms with Crippen LogP contribution in [-0.2, 0) is 9.59 Å². The van der Waals surface area contributed by atoms with Crippen molar-refractivity contribution < 1.29 is 14.4 Å². The van der Waals surface area contributed by atoms with Gasteiger partial charge in [-0.15, -0.1) is 0 Å². The van der Waals surface area contributed by atoms with Gasteiger partial charge in [0.2, 0.25) is 5.91 Å². The Labute approximate surface area is 142 Å². The van der Waals surface area contributed by atoms with E-state index in [1.54, 1.807) is 42.6 Å². The van der Waals surface area contributed by atoms with E-state index in [9.17, 15) is 14.4 Å². The third-order valence-corrected chi connectivity index (χ3v) is 3.77. The number of imide groups is 1. The molecular formula is C16H13ClN4O3. The van der Waals surface area contributed by atoms with Gasteiger partial charge in [0.25, 0.3) is 11.8 Å². The lowest BCUT2D eigenvalue weighted by molar-refractivity contribution is -0.121. The van der Waals surface area contributed by atoms with Crippen LogP contribution in [0.1, 0.15) is 16.8 Å². The lowest BCUT2D eigenvalue weighted by Crippen LogP contribution is -2.48. The average molecular weight is 345 g/mol. The van der Waals surface area contributed by atoms with Crippen LogP contribution >= 0.6 is 11.6 Å². The van der Waals surface area contributed by atoms with Crippen molar-refractivity contribution in [3.05, 3.63) is 59.4 Å². The summed E-state index contributed by atoms with van der Waals surface area (Å²) in [6, 6.07) is 8.77. The SMILES string of the molecule is O=C(NN[C@H]1CC(=O)N(c2ccc(Cl)cc2)C1=O)c1cccnc1. The number of halogens is 1. The first-order valence-corrected chi connectivity index (χ1v) is 7.52. The molecule has 1 aromatic carbocycles. The minimum absolute atomic E-state index is 0.0468. The molecule has 3 amide bonds. The van der Waals surface area contributed by atoms with E-state index in [1.807, 2.05) is 0 Å². The summed E-state index contributed by atoms with van der Waals surface area (Å²) < 4.78 is 0. The highest BCUT2D eigenvalue weighted by Gasteiger charge is 2.39. The van der Waals surface area contributed by atoms with Crippen LogP contribution in [0.4, 0.5) is 5.69 Å². The van der Waals surface area contributed by atoms with Crippen molar-refractivity contribution in [3.8, 4) is 0 Å². The number of carbonyl (C=O) groups excluding carboxylic acids is 3. The number of hydrogen-bond donors (Lipinski definition) is 2. The zero-order chi connectivity index (χ0) is 17.1. The van der Waals surface area contributed by atoms with Crippen LogP contribution in [-0.4, -0.2) is 28.7 Å². The minimum atomic E-state index is -0.825. The minimum Gasteiger partial charge on any atom is -0.287 e. The van der Waals surface area contributed by atoms with Crippen molar-refractivity contribution in [2.45, 2.75) is 12.5 Å². The predicted octanol–water partition coefficient (Wildman–Crippen LogP) is 1.30. The number of rotatable bonds is 4. The number of nitrogens with one attached hydrogen (secondary N) is 2. The van der Waals surface area contributed by atoms with E-state index in [2.05, 4.69) is 15.8 Å². The molecule has 3 rings (SSSR count). The van der Waals surface area contributed by atoms with E-state index in [4.69, 9.17) is 11.6 Å². The fraction of sp³-hybridized carbons (Fsp3) is 0.125. The first kappa shape index (κ1) is 16.1. The van der Waals surface area contributed by atoms with Crippen molar-refractivity contribution in [1.82, 2.24) is 15.8 Å². The quantitative estimate of drug-likeness (QED) is 0.644. The lowest BCUT2D eigenvalue weighted by atomic mass is 10.2. The summed E-state index contributed by atoms with van der Waals surface area (Å²) in [5.74, 6) is -1.22. The molecule has 0 aliphatic carbocycles. The fourth-order valence-corrected chi connectivity index (χ4v) is 2.45. The zero-order valence-corrected chi connectivity index (χ0v) is 13.2. The molecule has 122 valence electrons. The highest BCUT2D eigenvalue weighted by molar-refractivity contribution is 6.30. The Bertz CT molecular complexity index is 780. The Morgan fingerprint density at radius 2 is 1.96 bits per heavy atom. The van der Waals surface area contributed by atoms with Gasteiger partial charge < -0.3 is 0 Å². The Balaban J connectivity index is 1.66. The molecule has 0 spiro atoms. The average Bonchev–Trinajstić information content (AvgIpc) is 2.88. The number of benzene rings is 1. The fourth-order valence-electron chi connectivity index (χ4n) is 2.33. The Morgan fingerprint density at radius 1 is 1.21 bits per heavy atom. The van der Waals surface area contributed by atoms with Gasteiger partial charge in [0.1, 0.15) is 6.04 Å². The van der Waals surface area contributed by atoms with Gasteiger partial charge in [-0.05, 0) is 36.4 Å². The van der Waals surface area contributed by atoms with Crippen molar-refractivity contribution in [3.63, 3.8) is 0 Å². The molecule has 1 aliphatic heterocycles. The van der Waals surface area contributed by atoms with E-state index in [1.165, 1.54) is 6.20 Å². The van der Waals surface area contributed by atoms with Gasteiger partial charge in [0.05, 0.1) is 17.7 Å². The molecular weight excluding hydrogens is 332 g/mol. The van der Waals surface area contributed by atoms with Crippen LogP contribution < -0.4 is 15.8 Å². The second-order valence-electron chi connectivity index (χ2n) is 5.14. The molecule has 8 heteroatoms. The molecule has 7 nitrogen and oxygen atoms in total. The topological polar surface area (TPSA) is 91.4 Å². The molecule has 0 radical (unpaired) electrons. The van der Waals surface area contributed by atoms with Crippen molar-refractivity contribution >= 4 is 35.0 Å². The second-order valence-corrected chi connectivity index (χ2v) is 5.58. The molecule has 1 atom stereocenters. The largest absolute Gasteiger partial charge is 0.287 e. The summed E-state index contributed by atoms with van der Waals surface area (Å²) in [7, 11) is 0. The monoisotopic (exact) mass is 344 g/mol. The van der Waals surface area contributed by atoms with E-state index in [0.717, 1.165) is 4.90 Å². The number of amides is 3. The molecule has 0 unspecified atom stereocenters. The van der Waals surface area contributed by atoms with Crippen molar-refractivity contribution in [2.75, 3.05) is 4.90 Å². The van der Waals surface area contributed by atoms with Crippen LogP contribution in [0.5, 0.6) is 0 Å². The molecule has 2 heterocycles. The zero-order valence-electron chi connectivity index (χ0n) is 12.4. The Hall–Kier alpha value is -2.77. The second kappa shape index (κ2) is 6.77. The molecule has 0 saturated carbocycles. The van der Waals surface area contributed by atoms with Gasteiger partial charge in [-0.2, -0.15) is 0 Å². The number of aromatic nitrogens is 1. The third-order valence-electron chi connectivity index (χ3n) is 3.52. The summed E-state index contributed by atoms with van der Waals surface area (Å²) in [6.45, 7) is 0. The van der Waals surface area contributed by atoms with Crippen LogP contribution in [0.25, 0.3) is 0 Å². The van der Waals surface area contributed by atoms with E-state index in [0.29, 0.717) is 16.3 Å². The van der Waals surface area contributed by atoms with Gasteiger partial charge in [-0.3, -0.25) is 24.8 Å². The summed E-state index contributed by atoms with van der Waals surface area (Å²) >= 11 is 5.81. The van der Waals surface area contributed by atoms with Crippen molar-refractivity contribution in [2.24, 2.45) is 0 Å². The number of nitrogens with zero attached hydrogens (tertiary/aromatic N) is 2. The Morgan fingerprint density at radius 3 is 2.62 bits per heavy atom. The lowest BCUT2D eigenvalue weighted by Gasteiger charge is -2.16. The maximum Gasteiger partial charge on any atom is 0.266 e. The van der Waals surface area contributed by atoms with E-state index < -0.39 is 17.9 Å². The molecule has 0 bridgehead atoms. The Kier molecular flexibility index (Phi) is 4.54. The molecule has 1 fully saturated rings. The maximum absolute atomic E-state index is 12.4. The standard InChI is InChI=1S/C16H13ClN4O3/c17-11-3-5-12(6-4-11)21-14(22)8-13(16(21)24)19-20-15(23)10-2-1-7-18-9-10/h1-7,9,13,19H,8H2,(H,20,23)/t13-/m0/s1. The highest BCUT2D eigenvalue weighted by Crippen LogP contribution is 2.24. The number of carbonyl (C=O) groups is 3. The van der Waals surface area contributed by atoms with E-state index in [-0.39, 0.29) is 12.3 Å². The van der Waals surface area contributed by atoms with E-state index >= 15 is 0 Å². The van der Waals surface area contributed by atoms with Crippen LogP contribution in [0.15, 0.2) is 48.8 Å². The normalized spacial score (nSPS) is 17.2. The van der Waals surface area contributed by atoms with Gasteiger partial charge in [0, 0.05) is 17.4 Å². The predicted molar refractivity (Wildman–Crippen MR) is 87.2 cm³/mol. The molecule has 2 aromatic rings. The highest BCUT2D eigenvalue weighted by atomic mass is 35.5. The van der Waals surface area contributed by atoms with Gasteiger partial charge in [-0.25, -0.2) is 10.3 Å². The first-order chi connectivity index (χ1) is 11.6. The van der Waals surface area contributed by atoms with Gasteiger partial charge in [-0.1, -0.05) is 11.6 Å². The maximum atomic E-state index is 12.4. The smallest absolute Gasteiger partial charge is 0.266 e. The molecule has 1 aromatic heterocycles. The summed E-state index contributed by atoms with van der Waals surface area (Å²) in [6.07, 6.45) is 2.90. The van der Waals surface area contributed by atoms with Crippen LogP contribution in [0.2, 0.25) is 5.02 Å². The number of pyridine rings is 1. The molecule has 2 N–H and O–H groups in total. The first-order valence-electron chi connectivity index (χ1n) is 7.14. The summed E-state index contributed by atoms with van der Waals surface area (Å²) in [5.41, 5.74) is 5.81. The van der Waals surface area contributed by atoms with Crippen molar-refractivity contribution in [1.29, 1.82) is 0 Å². The molecule has 1 saturated heterocycles. The number of hydrogen-bond acceptors (Lipinski definition) is 5. The summed E-state index contributed by atoms with van der Waals surface area (Å²) in [5, 5.41) is 0.510. The third kappa shape index (κ3) is 3.27. The number of anilines is 1. The molecule has 24 heavy (non-hydrogen) atoms.